The van der Waals surface area contributed by atoms with Crippen molar-refractivity contribution in [1.82, 2.24) is 4.90 Å². The zero-order valence-electron chi connectivity index (χ0n) is 8.43. The number of carbonyl (C=O) groups is 2. The first kappa shape index (κ1) is 9.86. The maximum Gasteiger partial charge on any atom is 0.261 e. The Morgan fingerprint density at radius 1 is 1.20 bits per heavy atom. The molecular formula is C11H12N2O2. The first-order chi connectivity index (χ1) is 7.16. The maximum absolute atomic E-state index is 11.9. The lowest BCUT2D eigenvalue weighted by molar-refractivity contribution is 0.0602. The Labute approximate surface area is 87.7 Å². The predicted octanol–water partition coefficient (Wildman–Crippen LogP) is 0.630. The van der Waals surface area contributed by atoms with Gasteiger partial charge in [-0.1, -0.05) is 12.1 Å². The maximum atomic E-state index is 11.9. The van der Waals surface area contributed by atoms with E-state index in [0.29, 0.717) is 11.1 Å². The van der Waals surface area contributed by atoms with Crippen LogP contribution in [0.2, 0.25) is 0 Å². The third-order valence-corrected chi connectivity index (χ3v) is 2.61. The average molecular weight is 204 g/mol. The lowest BCUT2D eigenvalue weighted by Gasteiger charge is -2.20. The van der Waals surface area contributed by atoms with E-state index in [1.165, 1.54) is 4.90 Å². The van der Waals surface area contributed by atoms with Crippen molar-refractivity contribution in [2.75, 3.05) is 6.54 Å². The lowest BCUT2D eigenvalue weighted by atomic mass is 10.1. The lowest BCUT2D eigenvalue weighted by Crippen LogP contribution is -2.42. The number of benzene rings is 1. The van der Waals surface area contributed by atoms with Crippen LogP contribution in [0.15, 0.2) is 24.3 Å². The molecule has 0 aliphatic carbocycles. The van der Waals surface area contributed by atoms with E-state index in [2.05, 4.69) is 0 Å². The molecule has 15 heavy (non-hydrogen) atoms. The van der Waals surface area contributed by atoms with E-state index in [9.17, 15) is 9.59 Å². The van der Waals surface area contributed by atoms with Gasteiger partial charge >= 0.3 is 0 Å². The summed E-state index contributed by atoms with van der Waals surface area (Å²) in [6.45, 7) is 2.05. The Balaban J connectivity index is 2.45. The summed E-state index contributed by atoms with van der Waals surface area (Å²) in [6.07, 6.45) is 0. The summed E-state index contributed by atoms with van der Waals surface area (Å²) in [5.74, 6) is -0.484. The fraction of sp³-hybridized carbons (Fsp3) is 0.273. The third kappa shape index (κ3) is 1.34. The minimum absolute atomic E-state index is 0.242. The molecule has 78 valence electrons. The van der Waals surface area contributed by atoms with Gasteiger partial charge in [-0.2, -0.15) is 0 Å². The number of nitrogens with two attached hydrogens (primary N) is 1. The first-order valence-electron chi connectivity index (χ1n) is 4.83. The highest BCUT2D eigenvalue weighted by molar-refractivity contribution is 6.21. The highest BCUT2D eigenvalue weighted by Gasteiger charge is 2.37. The van der Waals surface area contributed by atoms with E-state index in [-0.39, 0.29) is 24.4 Å². The molecule has 0 spiro atoms. The van der Waals surface area contributed by atoms with Gasteiger partial charge in [-0.25, -0.2) is 0 Å². The summed E-state index contributed by atoms with van der Waals surface area (Å²) in [4.78, 5) is 24.9. The molecule has 1 aromatic carbocycles. The van der Waals surface area contributed by atoms with Gasteiger partial charge in [0, 0.05) is 12.6 Å². The third-order valence-electron chi connectivity index (χ3n) is 2.61. The number of hydrogen-bond acceptors (Lipinski definition) is 3. The highest BCUT2D eigenvalue weighted by atomic mass is 16.2. The van der Waals surface area contributed by atoms with Gasteiger partial charge in [-0.05, 0) is 19.1 Å². The van der Waals surface area contributed by atoms with Crippen molar-refractivity contribution in [3.8, 4) is 0 Å². The number of fused-ring (bicyclic) bond motifs is 1. The van der Waals surface area contributed by atoms with Gasteiger partial charge in [-0.3, -0.25) is 14.5 Å². The quantitative estimate of drug-likeness (QED) is 0.718. The van der Waals surface area contributed by atoms with Crippen molar-refractivity contribution < 1.29 is 9.59 Å². The summed E-state index contributed by atoms with van der Waals surface area (Å²) in [6, 6.07) is 6.58. The summed E-state index contributed by atoms with van der Waals surface area (Å²) in [7, 11) is 0. The standard InChI is InChI=1S/C11H12N2O2/c1-7(6-12)13-10(14)8-4-2-3-5-9(8)11(13)15/h2-5,7H,6,12H2,1H3. The van der Waals surface area contributed by atoms with E-state index in [1.54, 1.807) is 31.2 Å². The molecule has 1 atom stereocenters. The van der Waals surface area contributed by atoms with Gasteiger partial charge in [0.1, 0.15) is 0 Å². The molecule has 2 rings (SSSR count). The van der Waals surface area contributed by atoms with Crippen LogP contribution in [0, 0.1) is 0 Å². The van der Waals surface area contributed by atoms with Crippen molar-refractivity contribution in [1.29, 1.82) is 0 Å². The summed E-state index contributed by atoms with van der Waals surface area (Å²) < 4.78 is 0. The van der Waals surface area contributed by atoms with Crippen LogP contribution < -0.4 is 5.73 Å². The van der Waals surface area contributed by atoms with Crippen LogP contribution in [0.1, 0.15) is 27.6 Å². The zero-order valence-corrected chi connectivity index (χ0v) is 8.43. The molecule has 0 saturated heterocycles. The number of nitrogens with zero attached hydrogens (tertiary/aromatic N) is 1. The molecule has 1 aliphatic rings. The number of rotatable bonds is 2. The molecule has 0 aromatic heterocycles. The van der Waals surface area contributed by atoms with Crippen LogP contribution in [-0.2, 0) is 0 Å². The molecule has 0 radical (unpaired) electrons. The minimum atomic E-state index is -0.252. The Hall–Kier alpha value is -1.68. The molecule has 4 heteroatoms. The van der Waals surface area contributed by atoms with Gasteiger partial charge in [0.25, 0.3) is 11.8 Å². The van der Waals surface area contributed by atoms with Crippen LogP contribution in [-0.4, -0.2) is 29.3 Å². The molecule has 0 fully saturated rings. The van der Waals surface area contributed by atoms with Gasteiger partial charge in [0.2, 0.25) is 0 Å². The summed E-state index contributed by atoms with van der Waals surface area (Å²) >= 11 is 0. The van der Waals surface area contributed by atoms with E-state index in [1.807, 2.05) is 0 Å². The molecule has 1 aliphatic heterocycles. The zero-order chi connectivity index (χ0) is 11.0. The largest absolute Gasteiger partial charge is 0.328 e. The molecular weight excluding hydrogens is 192 g/mol. The van der Waals surface area contributed by atoms with E-state index in [4.69, 9.17) is 5.73 Å². The van der Waals surface area contributed by atoms with Crippen molar-refractivity contribution in [2.24, 2.45) is 5.73 Å². The van der Waals surface area contributed by atoms with E-state index in [0.717, 1.165) is 0 Å². The molecule has 1 heterocycles. The Morgan fingerprint density at radius 3 is 2.07 bits per heavy atom. The van der Waals surface area contributed by atoms with Crippen molar-refractivity contribution >= 4 is 11.8 Å². The predicted molar refractivity (Wildman–Crippen MR) is 55.5 cm³/mol. The van der Waals surface area contributed by atoms with Crippen LogP contribution in [0.25, 0.3) is 0 Å². The summed E-state index contributed by atoms with van der Waals surface area (Å²) in [5, 5.41) is 0. The topological polar surface area (TPSA) is 63.4 Å². The Bertz CT molecular complexity index is 393. The molecule has 0 saturated carbocycles. The second-order valence-electron chi connectivity index (χ2n) is 3.61. The molecule has 2 N–H and O–H groups in total. The van der Waals surface area contributed by atoms with Crippen LogP contribution in [0.5, 0.6) is 0 Å². The number of hydrogen-bond donors (Lipinski definition) is 1. The minimum Gasteiger partial charge on any atom is -0.328 e. The Kier molecular flexibility index (Phi) is 2.28. The molecule has 2 amide bonds. The first-order valence-corrected chi connectivity index (χ1v) is 4.83. The fourth-order valence-corrected chi connectivity index (χ4v) is 1.71. The molecule has 1 aromatic rings. The highest BCUT2D eigenvalue weighted by Crippen LogP contribution is 2.23. The van der Waals surface area contributed by atoms with Gasteiger partial charge in [0.15, 0.2) is 0 Å². The molecule has 4 nitrogen and oxygen atoms in total. The monoisotopic (exact) mass is 204 g/mol. The normalized spacial score (nSPS) is 16.8. The van der Waals surface area contributed by atoms with Crippen molar-refractivity contribution in [3.63, 3.8) is 0 Å². The molecule has 0 bridgehead atoms. The van der Waals surface area contributed by atoms with Gasteiger partial charge in [-0.15, -0.1) is 0 Å². The summed E-state index contributed by atoms with van der Waals surface area (Å²) in [5.41, 5.74) is 6.41. The second kappa shape index (κ2) is 3.47. The van der Waals surface area contributed by atoms with E-state index < -0.39 is 0 Å². The number of imide groups is 1. The smallest absolute Gasteiger partial charge is 0.261 e. The SMILES string of the molecule is CC(CN)N1C(=O)c2ccccc2C1=O. The Morgan fingerprint density at radius 2 is 1.67 bits per heavy atom. The molecule has 1 unspecified atom stereocenters. The average Bonchev–Trinajstić information content (AvgIpc) is 2.52. The van der Waals surface area contributed by atoms with Crippen LogP contribution in [0.4, 0.5) is 0 Å². The second-order valence-corrected chi connectivity index (χ2v) is 3.61. The van der Waals surface area contributed by atoms with Crippen molar-refractivity contribution in [2.45, 2.75) is 13.0 Å². The van der Waals surface area contributed by atoms with Gasteiger partial charge in [0.05, 0.1) is 11.1 Å². The van der Waals surface area contributed by atoms with Gasteiger partial charge < -0.3 is 5.73 Å². The number of amides is 2. The van der Waals surface area contributed by atoms with E-state index >= 15 is 0 Å². The van der Waals surface area contributed by atoms with Crippen molar-refractivity contribution in [3.05, 3.63) is 35.4 Å². The number of carbonyl (C=O) groups excluding carboxylic acids is 2. The van der Waals surface area contributed by atoms with Crippen LogP contribution in [0.3, 0.4) is 0 Å². The fourth-order valence-electron chi connectivity index (χ4n) is 1.71. The van der Waals surface area contributed by atoms with Crippen LogP contribution >= 0.6 is 0 Å².